The van der Waals surface area contributed by atoms with Crippen LogP contribution in [0.25, 0.3) is 0 Å². The molecule has 0 unspecified atom stereocenters. The number of rotatable bonds is 2. The zero-order valence-electron chi connectivity index (χ0n) is 10.4. The van der Waals surface area contributed by atoms with E-state index in [4.69, 9.17) is 5.73 Å². The monoisotopic (exact) mass is 241 g/mol. The van der Waals surface area contributed by atoms with Crippen molar-refractivity contribution in [3.05, 3.63) is 53.9 Å². The first-order valence-corrected chi connectivity index (χ1v) is 5.65. The third-order valence-electron chi connectivity index (χ3n) is 2.67. The number of hydrogen-bond acceptors (Lipinski definition) is 3. The molecule has 0 saturated carbocycles. The highest BCUT2D eigenvalue weighted by molar-refractivity contribution is 6.04. The van der Waals surface area contributed by atoms with E-state index in [9.17, 15) is 4.79 Å². The molecule has 0 fully saturated rings. The van der Waals surface area contributed by atoms with Crippen molar-refractivity contribution in [3.63, 3.8) is 0 Å². The number of carbonyl (C=O) groups is 1. The fourth-order valence-corrected chi connectivity index (χ4v) is 1.68. The number of anilines is 2. The number of amides is 1. The lowest BCUT2D eigenvalue weighted by Gasteiger charge is -2.17. The van der Waals surface area contributed by atoms with Gasteiger partial charge in [0, 0.05) is 24.1 Å². The van der Waals surface area contributed by atoms with E-state index in [1.54, 1.807) is 25.2 Å². The summed E-state index contributed by atoms with van der Waals surface area (Å²) in [6.07, 6.45) is 0. The Balaban J connectivity index is 2.29. The summed E-state index contributed by atoms with van der Waals surface area (Å²) in [5.41, 5.74) is 8.34. The number of aromatic nitrogens is 1. The standard InChI is InChI=1S/C14H15N3O/c1-10-5-3-8-13(16-10)14(18)17(2)12-7-4-6-11(15)9-12/h3-9H,15H2,1-2H3. The van der Waals surface area contributed by atoms with Crippen LogP contribution >= 0.6 is 0 Å². The number of nitrogen functional groups attached to an aromatic ring is 1. The predicted molar refractivity (Wildman–Crippen MR) is 72.6 cm³/mol. The first-order chi connectivity index (χ1) is 8.58. The van der Waals surface area contributed by atoms with Crippen molar-refractivity contribution < 1.29 is 4.79 Å². The lowest BCUT2D eigenvalue weighted by Crippen LogP contribution is -2.27. The largest absolute Gasteiger partial charge is 0.399 e. The molecule has 1 heterocycles. The van der Waals surface area contributed by atoms with Crippen molar-refractivity contribution >= 4 is 17.3 Å². The summed E-state index contributed by atoms with van der Waals surface area (Å²) in [5.74, 6) is -0.149. The van der Waals surface area contributed by atoms with Gasteiger partial charge in [0.1, 0.15) is 5.69 Å². The number of nitrogens with two attached hydrogens (primary N) is 1. The molecule has 0 saturated heterocycles. The molecule has 1 amide bonds. The van der Waals surface area contributed by atoms with Gasteiger partial charge < -0.3 is 10.6 Å². The maximum absolute atomic E-state index is 12.2. The van der Waals surface area contributed by atoms with Crippen LogP contribution in [0.3, 0.4) is 0 Å². The average molecular weight is 241 g/mol. The van der Waals surface area contributed by atoms with Crippen molar-refractivity contribution in [3.8, 4) is 0 Å². The van der Waals surface area contributed by atoms with E-state index in [1.807, 2.05) is 31.2 Å². The molecule has 2 aromatic rings. The molecular weight excluding hydrogens is 226 g/mol. The molecule has 0 aliphatic heterocycles. The molecule has 1 aromatic carbocycles. The number of aryl methyl sites for hydroxylation is 1. The van der Waals surface area contributed by atoms with Crippen LogP contribution in [0.15, 0.2) is 42.5 Å². The van der Waals surface area contributed by atoms with Crippen LogP contribution in [0.5, 0.6) is 0 Å². The Morgan fingerprint density at radius 3 is 2.61 bits per heavy atom. The molecule has 0 bridgehead atoms. The van der Waals surface area contributed by atoms with E-state index in [2.05, 4.69) is 4.98 Å². The average Bonchev–Trinajstić information content (AvgIpc) is 2.37. The lowest BCUT2D eigenvalue weighted by molar-refractivity contribution is 0.0988. The van der Waals surface area contributed by atoms with Gasteiger partial charge in [-0.15, -0.1) is 0 Å². The van der Waals surface area contributed by atoms with Gasteiger partial charge in [0.25, 0.3) is 5.91 Å². The molecular formula is C14H15N3O. The normalized spacial score (nSPS) is 10.1. The van der Waals surface area contributed by atoms with Crippen molar-refractivity contribution in [2.45, 2.75) is 6.92 Å². The minimum atomic E-state index is -0.149. The van der Waals surface area contributed by atoms with E-state index >= 15 is 0 Å². The smallest absolute Gasteiger partial charge is 0.276 e. The van der Waals surface area contributed by atoms with Crippen LogP contribution in [0.1, 0.15) is 16.2 Å². The zero-order chi connectivity index (χ0) is 13.1. The molecule has 0 atom stereocenters. The third-order valence-corrected chi connectivity index (χ3v) is 2.67. The Kier molecular flexibility index (Phi) is 3.28. The minimum Gasteiger partial charge on any atom is -0.399 e. The minimum absolute atomic E-state index is 0.149. The van der Waals surface area contributed by atoms with Gasteiger partial charge in [-0.1, -0.05) is 12.1 Å². The van der Waals surface area contributed by atoms with Crippen molar-refractivity contribution in [1.29, 1.82) is 0 Å². The second-order valence-corrected chi connectivity index (χ2v) is 4.12. The molecule has 4 nitrogen and oxygen atoms in total. The summed E-state index contributed by atoms with van der Waals surface area (Å²) in [7, 11) is 1.71. The van der Waals surface area contributed by atoms with Crippen LogP contribution in [0.4, 0.5) is 11.4 Å². The Labute approximate surface area is 106 Å². The topological polar surface area (TPSA) is 59.2 Å². The predicted octanol–water partition coefficient (Wildman–Crippen LogP) is 2.25. The second-order valence-electron chi connectivity index (χ2n) is 4.12. The van der Waals surface area contributed by atoms with Crippen molar-refractivity contribution in [2.75, 3.05) is 17.7 Å². The third kappa shape index (κ3) is 2.48. The Morgan fingerprint density at radius 2 is 1.94 bits per heavy atom. The second kappa shape index (κ2) is 4.87. The number of hydrogen-bond donors (Lipinski definition) is 1. The van der Waals surface area contributed by atoms with E-state index in [-0.39, 0.29) is 5.91 Å². The molecule has 2 rings (SSSR count). The summed E-state index contributed by atoms with van der Waals surface area (Å²) in [6.45, 7) is 1.86. The molecule has 1 aromatic heterocycles. The van der Waals surface area contributed by atoms with Gasteiger partial charge in [0.05, 0.1) is 0 Å². The fraction of sp³-hybridized carbons (Fsp3) is 0.143. The maximum atomic E-state index is 12.2. The van der Waals surface area contributed by atoms with E-state index < -0.39 is 0 Å². The Hall–Kier alpha value is -2.36. The van der Waals surface area contributed by atoms with Gasteiger partial charge in [-0.05, 0) is 37.3 Å². The number of carbonyl (C=O) groups excluding carboxylic acids is 1. The van der Waals surface area contributed by atoms with Gasteiger partial charge in [-0.2, -0.15) is 0 Å². The van der Waals surface area contributed by atoms with Crippen LogP contribution in [0.2, 0.25) is 0 Å². The lowest BCUT2D eigenvalue weighted by atomic mass is 10.2. The molecule has 2 N–H and O–H groups in total. The van der Waals surface area contributed by atoms with E-state index in [1.165, 1.54) is 4.90 Å². The van der Waals surface area contributed by atoms with Gasteiger partial charge in [-0.25, -0.2) is 4.98 Å². The number of pyridine rings is 1. The quantitative estimate of drug-likeness (QED) is 0.820. The van der Waals surface area contributed by atoms with Crippen LogP contribution < -0.4 is 10.6 Å². The summed E-state index contributed by atoms with van der Waals surface area (Å²) >= 11 is 0. The van der Waals surface area contributed by atoms with Gasteiger partial charge in [0.15, 0.2) is 0 Å². The highest BCUT2D eigenvalue weighted by Gasteiger charge is 2.14. The van der Waals surface area contributed by atoms with Crippen LogP contribution in [0, 0.1) is 6.92 Å². The Bertz CT molecular complexity index is 581. The SMILES string of the molecule is Cc1cccc(C(=O)N(C)c2cccc(N)c2)n1. The molecule has 0 spiro atoms. The first kappa shape index (κ1) is 12.1. The summed E-state index contributed by atoms with van der Waals surface area (Å²) in [6, 6.07) is 12.6. The molecule has 18 heavy (non-hydrogen) atoms. The summed E-state index contributed by atoms with van der Waals surface area (Å²) in [4.78, 5) is 18.0. The summed E-state index contributed by atoms with van der Waals surface area (Å²) in [5, 5.41) is 0. The molecule has 0 aliphatic rings. The first-order valence-electron chi connectivity index (χ1n) is 5.65. The van der Waals surface area contributed by atoms with E-state index in [0.29, 0.717) is 11.4 Å². The fourth-order valence-electron chi connectivity index (χ4n) is 1.68. The molecule has 92 valence electrons. The highest BCUT2D eigenvalue weighted by atomic mass is 16.2. The number of benzene rings is 1. The number of nitrogens with zero attached hydrogens (tertiary/aromatic N) is 2. The van der Waals surface area contributed by atoms with Crippen LogP contribution in [-0.4, -0.2) is 17.9 Å². The van der Waals surface area contributed by atoms with E-state index in [0.717, 1.165) is 11.4 Å². The molecule has 0 radical (unpaired) electrons. The Morgan fingerprint density at radius 1 is 1.22 bits per heavy atom. The van der Waals surface area contributed by atoms with Crippen LogP contribution in [-0.2, 0) is 0 Å². The zero-order valence-corrected chi connectivity index (χ0v) is 10.4. The summed E-state index contributed by atoms with van der Waals surface area (Å²) < 4.78 is 0. The van der Waals surface area contributed by atoms with Crippen molar-refractivity contribution in [1.82, 2.24) is 4.98 Å². The molecule has 0 aliphatic carbocycles. The molecule has 4 heteroatoms. The highest BCUT2D eigenvalue weighted by Crippen LogP contribution is 2.17. The van der Waals surface area contributed by atoms with Gasteiger partial charge in [0.2, 0.25) is 0 Å². The van der Waals surface area contributed by atoms with Crippen molar-refractivity contribution in [2.24, 2.45) is 0 Å². The van der Waals surface area contributed by atoms with Gasteiger partial charge in [-0.3, -0.25) is 4.79 Å². The maximum Gasteiger partial charge on any atom is 0.276 e. The van der Waals surface area contributed by atoms with Gasteiger partial charge >= 0.3 is 0 Å².